The molecule has 2 aromatic rings. The highest BCUT2D eigenvalue weighted by Gasteiger charge is 2.25. The summed E-state index contributed by atoms with van der Waals surface area (Å²) in [4.78, 5) is 15.5. The number of amides is 1. The lowest BCUT2D eigenvalue weighted by Crippen LogP contribution is -2.47. The van der Waals surface area contributed by atoms with Crippen molar-refractivity contribution < 1.29 is 19.0 Å². The molecule has 1 saturated heterocycles. The minimum absolute atomic E-state index is 0.122. The van der Waals surface area contributed by atoms with Gasteiger partial charge in [-0.05, 0) is 76.1 Å². The van der Waals surface area contributed by atoms with Crippen LogP contribution in [-0.2, 0) is 9.53 Å². The molecule has 2 aromatic carbocycles. The van der Waals surface area contributed by atoms with Crippen LogP contribution in [0.15, 0.2) is 34.8 Å². The van der Waals surface area contributed by atoms with Crippen LogP contribution in [0.4, 0.5) is 5.69 Å². The van der Waals surface area contributed by atoms with E-state index in [0.29, 0.717) is 18.1 Å². The van der Waals surface area contributed by atoms with E-state index in [4.69, 9.17) is 26.4 Å². The Morgan fingerprint density at radius 1 is 1.12 bits per heavy atom. The summed E-state index contributed by atoms with van der Waals surface area (Å²) in [5.74, 6) is 0.837. The second-order valence-corrected chi connectivity index (χ2v) is 9.62. The first-order valence-electron chi connectivity index (χ1n) is 11.1. The number of morpholine rings is 1. The highest BCUT2D eigenvalue weighted by atomic mass is 79.9. The smallest absolute Gasteiger partial charge is 0.262 e. The number of hydrogen-bond acceptors (Lipinski definition) is 5. The molecule has 0 unspecified atom stereocenters. The number of thiocarbonyl (C=S) groups is 1. The standard InChI is InChI=1S/C25H31BrN2O4S/c1-6-30-22-11-19(25(33)28-12-17(4)32-18(5)13-28)7-8-21(22)31-14-23(29)27-24-15(2)9-20(26)10-16(24)3/h7-11,17-18H,6,12-14H2,1-5H3,(H,27,29)/t17-,18+. The van der Waals surface area contributed by atoms with Crippen molar-refractivity contribution in [2.45, 2.75) is 46.8 Å². The molecule has 1 aliphatic rings. The number of aryl methyl sites for hydroxylation is 2. The lowest BCUT2D eigenvalue weighted by Gasteiger charge is -2.37. The van der Waals surface area contributed by atoms with E-state index in [2.05, 4.69) is 40.0 Å². The highest BCUT2D eigenvalue weighted by molar-refractivity contribution is 9.10. The quantitative estimate of drug-likeness (QED) is 0.488. The van der Waals surface area contributed by atoms with E-state index in [9.17, 15) is 4.79 Å². The van der Waals surface area contributed by atoms with Crippen molar-refractivity contribution in [3.63, 3.8) is 0 Å². The topological polar surface area (TPSA) is 60.0 Å². The third-order valence-electron chi connectivity index (χ3n) is 5.32. The van der Waals surface area contributed by atoms with Crippen LogP contribution in [0.3, 0.4) is 0 Å². The summed E-state index contributed by atoms with van der Waals surface area (Å²) in [5, 5.41) is 2.94. The van der Waals surface area contributed by atoms with Gasteiger partial charge in [0, 0.05) is 28.8 Å². The molecule has 0 aliphatic carbocycles. The maximum Gasteiger partial charge on any atom is 0.262 e. The second kappa shape index (κ2) is 11.3. The van der Waals surface area contributed by atoms with Crippen LogP contribution in [-0.4, -0.2) is 54.3 Å². The van der Waals surface area contributed by atoms with Gasteiger partial charge in [-0.15, -0.1) is 0 Å². The van der Waals surface area contributed by atoms with Crippen LogP contribution in [0.5, 0.6) is 11.5 Å². The zero-order chi connectivity index (χ0) is 24.1. The number of hydrogen-bond donors (Lipinski definition) is 1. The Morgan fingerprint density at radius 3 is 2.36 bits per heavy atom. The first kappa shape index (κ1) is 25.5. The summed E-state index contributed by atoms with van der Waals surface area (Å²) in [6.07, 6.45) is 0.245. The average Bonchev–Trinajstić information content (AvgIpc) is 2.74. The maximum absolute atomic E-state index is 12.6. The number of nitrogens with zero attached hydrogens (tertiary/aromatic N) is 1. The molecular formula is C25H31BrN2O4S. The second-order valence-electron chi connectivity index (χ2n) is 8.31. The fourth-order valence-corrected chi connectivity index (χ4v) is 4.94. The predicted molar refractivity (Wildman–Crippen MR) is 139 cm³/mol. The van der Waals surface area contributed by atoms with Crippen LogP contribution in [0.2, 0.25) is 0 Å². The van der Waals surface area contributed by atoms with Gasteiger partial charge >= 0.3 is 0 Å². The normalized spacial score (nSPS) is 18.1. The van der Waals surface area contributed by atoms with Crippen molar-refractivity contribution in [1.29, 1.82) is 0 Å². The molecule has 0 saturated carbocycles. The van der Waals surface area contributed by atoms with E-state index >= 15 is 0 Å². The number of nitrogens with one attached hydrogen (secondary N) is 1. The zero-order valence-corrected chi connectivity index (χ0v) is 22.1. The number of carbonyl (C=O) groups is 1. The third kappa shape index (κ3) is 6.68. The van der Waals surface area contributed by atoms with Gasteiger partial charge in [0.05, 0.1) is 18.8 Å². The molecule has 0 spiro atoms. The summed E-state index contributed by atoms with van der Waals surface area (Å²) in [6, 6.07) is 9.53. The van der Waals surface area contributed by atoms with Crippen molar-refractivity contribution in [2.24, 2.45) is 0 Å². The van der Waals surface area contributed by atoms with Gasteiger partial charge in [-0.1, -0.05) is 28.1 Å². The summed E-state index contributed by atoms with van der Waals surface area (Å²) >= 11 is 9.23. The number of ether oxygens (including phenoxy) is 3. The highest BCUT2D eigenvalue weighted by Crippen LogP contribution is 2.30. The van der Waals surface area contributed by atoms with E-state index in [-0.39, 0.29) is 24.7 Å². The van der Waals surface area contributed by atoms with Crippen molar-refractivity contribution in [3.05, 3.63) is 51.5 Å². The van der Waals surface area contributed by atoms with E-state index < -0.39 is 0 Å². The molecule has 1 heterocycles. The molecule has 1 amide bonds. The van der Waals surface area contributed by atoms with Gasteiger partial charge in [0.1, 0.15) is 4.99 Å². The number of benzene rings is 2. The molecule has 2 atom stereocenters. The van der Waals surface area contributed by atoms with Gasteiger partial charge in [0.2, 0.25) is 0 Å². The van der Waals surface area contributed by atoms with Crippen molar-refractivity contribution in [1.82, 2.24) is 4.90 Å². The Bertz CT molecular complexity index is 996. The first-order chi connectivity index (χ1) is 15.7. The molecule has 1 aliphatic heterocycles. The third-order valence-corrected chi connectivity index (χ3v) is 6.27. The monoisotopic (exact) mass is 534 g/mol. The van der Waals surface area contributed by atoms with Crippen LogP contribution in [0, 0.1) is 13.8 Å². The Hall–Kier alpha value is -2.16. The number of rotatable bonds is 7. The Morgan fingerprint density at radius 2 is 1.76 bits per heavy atom. The largest absolute Gasteiger partial charge is 0.490 e. The van der Waals surface area contributed by atoms with Gasteiger partial charge in [-0.3, -0.25) is 4.79 Å². The summed E-state index contributed by atoms with van der Waals surface area (Å²) in [7, 11) is 0. The molecule has 6 nitrogen and oxygen atoms in total. The molecule has 3 rings (SSSR count). The van der Waals surface area contributed by atoms with Gasteiger partial charge < -0.3 is 24.4 Å². The lowest BCUT2D eigenvalue weighted by molar-refractivity contribution is -0.118. The zero-order valence-electron chi connectivity index (χ0n) is 19.7. The number of anilines is 1. The van der Waals surface area contributed by atoms with E-state index in [1.54, 1.807) is 0 Å². The predicted octanol–water partition coefficient (Wildman–Crippen LogP) is 5.27. The Balaban J connectivity index is 1.69. The van der Waals surface area contributed by atoms with Gasteiger partial charge in [-0.2, -0.15) is 0 Å². The van der Waals surface area contributed by atoms with Crippen molar-refractivity contribution in [3.8, 4) is 11.5 Å². The minimum Gasteiger partial charge on any atom is -0.490 e. The van der Waals surface area contributed by atoms with E-state index in [1.165, 1.54) is 0 Å². The Kier molecular flexibility index (Phi) is 8.73. The van der Waals surface area contributed by atoms with Crippen molar-refractivity contribution >= 4 is 44.7 Å². The van der Waals surface area contributed by atoms with E-state index in [1.807, 2.05) is 51.1 Å². The average molecular weight is 536 g/mol. The minimum atomic E-state index is -0.234. The van der Waals surface area contributed by atoms with Gasteiger partial charge in [0.25, 0.3) is 5.91 Å². The summed E-state index contributed by atoms with van der Waals surface area (Å²) in [6.45, 7) is 11.8. The molecule has 1 N–H and O–H groups in total. The van der Waals surface area contributed by atoms with E-state index in [0.717, 1.165) is 44.9 Å². The number of carbonyl (C=O) groups excluding carboxylic acids is 1. The molecule has 0 bridgehead atoms. The van der Waals surface area contributed by atoms with Crippen molar-refractivity contribution in [2.75, 3.05) is 31.6 Å². The van der Waals surface area contributed by atoms with Gasteiger partial charge in [0.15, 0.2) is 18.1 Å². The molecule has 0 radical (unpaired) electrons. The lowest BCUT2D eigenvalue weighted by atomic mass is 10.1. The Labute approximate surface area is 209 Å². The summed E-state index contributed by atoms with van der Waals surface area (Å²) < 4.78 is 18.4. The fourth-order valence-electron chi connectivity index (χ4n) is 3.98. The first-order valence-corrected chi connectivity index (χ1v) is 12.3. The van der Waals surface area contributed by atoms with Crippen LogP contribution < -0.4 is 14.8 Å². The van der Waals surface area contributed by atoms with Crippen LogP contribution >= 0.6 is 28.1 Å². The SMILES string of the molecule is CCOc1cc(C(=S)N2C[C@@H](C)O[C@@H](C)C2)ccc1OCC(=O)Nc1c(C)cc(Br)cc1C. The molecule has 1 fully saturated rings. The maximum atomic E-state index is 12.6. The molecule has 0 aromatic heterocycles. The summed E-state index contributed by atoms with van der Waals surface area (Å²) in [5.41, 5.74) is 3.64. The van der Waals surface area contributed by atoms with Crippen LogP contribution in [0.25, 0.3) is 0 Å². The molecule has 8 heteroatoms. The fraction of sp³-hybridized carbons (Fsp3) is 0.440. The van der Waals surface area contributed by atoms with Gasteiger partial charge in [-0.25, -0.2) is 0 Å². The van der Waals surface area contributed by atoms with Crippen LogP contribution in [0.1, 0.15) is 37.5 Å². The molecule has 178 valence electrons. The molecular weight excluding hydrogens is 504 g/mol. The number of halogens is 1. The molecule has 33 heavy (non-hydrogen) atoms.